The quantitative estimate of drug-likeness (QED) is 0.542. The van der Waals surface area contributed by atoms with Gasteiger partial charge in [0.1, 0.15) is 5.69 Å². The van der Waals surface area contributed by atoms with E-state index in [4.69, 9.17) is 5.84 Å². The van der Waals surface area contributed by atoms with Gasteiger partial charge < -0.3 is 0 Å². The molecule has 0 atom stereocenters. The molecule has 100 valence electrons. The van der Waals surface area contributed by atoms with Gasteiger partial charge in [0.15, 0.2) is 0 Å². The first-order valence-electron chi connectivity index (χ1n) is 6.08. The largest absolute Gasteiger partial charge is 0.291 e. The molecule has 0 aliphatic rings. The Morgan fingerprint density at radius 1 is 1.10 bits per heavy atom. The van der Waals surface area contributed by atoms with Crippen LogP contribution in [0.2, 0.25) is 0 Å². The fraction of sp³-hybridized carbons (Fsp3) is 0.0769. The molecule has 3 aromatic rings. The Kier molecular flexibility index (Phi) is 3.34. The Morgan fingerprint density at radius 2 is 1.95 bits per heavy atom. The SMILES string of the molecule is NNc1ncc(-c2cnn(Cc3ccccc3)c2)nn1. The maximum Gasteiger partial charge on any atom is 0.256 e. The summed E-state index contributed by atoms with van der Waals surface area (Å²) in [6.07, 6.45) is 5.25. The number of nitrogens with two attached hydrogens (primary N) is 1. The second kappa shape index (κ2) is 5.45. The number of hydrogen-bond acceptors (Lipinski definition) is 6. The second-order valence-electron chi connectivity index (χ2n) is 4.22. The van der Waals surface area contributed by atoms with Crippen LogP contribution >= 0.6 is 0 Å². The summed E-state index contributed by atoms with van der Waals surface area (Å²) in [5.74, 6) is 5.48. The number of rotatable bonds is 4. The minimum absolute atomic E-state index is 0.283. The molecule has 0 aliphatic carbocycles. The van der Waals surface area contributed by atoms with E-state index in [-0.39, 0.29) is 5.95 Å². The van der Waals surface area contributed by atoms with Gasteiger partial charge in [0.25, 0.3) is 5.95 Å². The predicted octanol–water partition coefficient (Wildman–Crippen LogP) is 1.07. The van der Waals surface area contributed by atoms with Gasteiger partial charge in [0, 0.05) is 11.8 Å². The lowest BCUT2D eigenvalue weighted by Gasteiger charge is -2.00. The van der Waals surface area contributed by atoms with Gasteiger partial charge >= 0.3 is 0 Å². The maximum atomic E-state index is 5.20. The number of anilines is 1. The number of nitrogens with zero attached hydrogens (tertiary/aromatic N) is 5. The van der Waals surface area contributed by atoms with Gasteiger partial charge in [-0.05, 0) is 5.56 Å². The molecule has 0 saturated heterocycles. The van der Waals surface area contributed by atoms with Crippen molar-refractivity contribution in [3.8, 4) is 11.3 Å². The summed E-state index contributed by atoms with van der Waals surface area (Å²) >= 11 is 0. The van der Waals surface area contributed by atoms with Crippen molar-refractivity contribution >= 4 is 5.95 Å². The van der Waals surface area contributed by atoms with E-state index in [1.165, 1.54) is 5.56 Å². The number of benzene rings is 1. The van der Waals surface area contributed by atoms with Crippen molar-refractivity contribution in [2.45, 2.75) is 6.54 Å². The van der Waals surface area contributed by atoms with Crippen LogP contribution in [-0.4, -0.2) is 25.0 Å². The Labute approximate surface area is 115 Å². The zero-order valence-corrected chi connectivity index (χ0v) is 10.6. The van der Waals surface area contributed by atoms with E-state index in [0.29, 0.717) is 12.2 Å². The molecule has 7 heteroatoms. The molecule has 0 saturated carbocycles. The lowest BCUT2D eigenvalue weighted by molar-refractivity contribution is 0.687. The molecule has 2 aromatic heterocycles. The zero-order chi connectivity index (χ0) is 13.8. The lowest BCUT2D eigenvalue weighted by atomic mass is 10.2. The Morgan fingerprint density at radius 3 is 2.65 bits per heavy atom. The molecule has 0 unspecified atom stereocenters. The first kappa shape index (κ1) is 12.2. The van der Waals surface area contributed by atoms with Gasteiger partial charge in [-0.2, -0.15) is 5.10 Å². The van der Waals surface area contributed by atoms with Gasteiger partial charge in [-0.3, -0.25) is 10.1 Å². The van der Waals surface area contributed by atoms with Gasteiger partial charge in [-0.1, -0.05) is 30.3 Å². The normalized spacial score (nSPS) is 10.4. The van der Waals surface area contributed by atoms with E-state index in [2.05, 4.69) is 37.8 Å². The summed E-state index contributed by atoms with van der Waals surface area (Å²) in [5, 5.41) is 12.2. The first-order chi connectivity index (χ1) is 9.85. The molecule has 0 aliphatic heterocycles. The van der Waals surface area contributed by atoms with Crippen LogP contribution in [0.5, 0.6) is 0 Å². The van der Waals surface area contributed by atoms with Crippen molar-refractivity contribution in [2.24, 2.45) is 5.84 Å². The van der Waals surface area contributed by atoms with Crippen LogP contribution in [-0.2, 0) is 6.54 Å². The number of aromatic nitrogens is 5. The summed E-state index contributed by atoms with van der Waals surface area (Å²) in [4.78, 5) is 4.02. The van der Waals surface area contributed by atoms with Crippen LogP contribution in [0, 0.1) is 0 Å². The topological polar surface area (TPSA) is 94.5 Å². The van der Waals surface area contributed by atoms with Crippen molar-refractivity contribution < 1.29 is 0 Å². The highest BCUT2D eigenvalue weighted by Gasteiger charge is 2.05. The molecule has 0 fully saturated rings. The summed E-state index contributed by atoms with van der Waals surface area (Å²) in [7, 11) is 0. The summed E-state index contributed by atoms with van der Waals surface area (Å²) in [5.41, 5.74) is 5.05. The molecular weight excluding hydrogens is 254 g/mol. The van der Waals surface area contributed by atoms with E-state index in [0.717, 1.165) is 5.56 Å². The third kappa shape index (κ3) is 2.62. The number of hydrogen-bond donors (Lipinski definition) is 2. The minimum Gasteiger partial charge on any atom is -0.291 e. The van der Waals surface area contributed by atoms with E-state index in [1.54, 1.807) is 12.4 Å². The second-order valence-corrected chi connectivity index (χ2v) is 4.22. The van der Waals surface area contributed by atoms with Crippen LogP contribution < -0.4 is 11.3 Å². The third-order valence-electron chi connectivity index (χ3n) is 2.81. The zero-order valence-electron chi connectivity index (χ0n) is 10.6. The fourth-order valence-electron chi connectivity index (χ4n) is 1.83. The molecule has 3 rings (SSSR count). The van der Waals surface area contributed by atoms with E-state index in [9.17, 15) is 0 Å². The Hall–Kier alpha value is -2.80. The molecular formula is C13H13N7. The van der Waals surface area contributed by atoms with Crippen LogP contribution in [0.4, 0.5) is 5.95 Å². The lowest BCUT2D eigenvalue weighted by Crippen LogP contribution is -2.11. The molecule has 0 bridgehead atoms. The standard InChI is InChI=1S/C13H13N7/c14-17-13-15-7-12(18-19-13)11-6-16-20(9-11)8-10-4-2-1-3-5-10/h1-7,9H,8,14H2,(H,15,17,19). The molecule has 1 aromatic carbocycles. The Balaban J connectivity index is 1.79. The molecule has 20 heavy (non-hydrogen) atoms. The minimum atomic E-state index is 0.283. The van der Waals surface area contributed by atoms with Crippen molar-refractivity contribution in [1.82, 2.24) is 25.0 Å². The Bertz CT molecular complexity index is 675. The number of hydrazine groups is 1. The molecule has 2 heterocycles. The van der Waals surface area contributed by atoms with Gasteiger partial charge in [-0.15, -0.1) is 10.2 Å². The van der Waals surface area contributed by atoms with Crippen LogP contribution in [0.1, 0.15) is 5.56 Å². The van der Waals surface area contributed by atoms with Crippen molar-refractivity contribution in [2.75, 3.05) is 5.43 Å². The highest BCUT2D eigenvalue weighted by Crippen LogP contribution is 2.15. The fourth-order valence-corrected chi connectivity index (χ4v) is 1.83. The average Bonchev–Trinajstić information content (AvgIpc) is 2.97. The smallest absolute Gasteiger partial charge is 0.256 e. The van der Waals surface area contributed by atoms with E-state index < -0.39 is 0 Å². The average molecular weight is 267 g/mol. The number of nitrogens with one attached hydrogen (secondary N) is 1. The van der Waals surface area contributed by atoms with Crippen LogP contribution in [0.3, 0.4) is 0 Å². The number of nitrogen functional groups attached to an aromatic ring is 1. The van der Waals surface area contributed by atoms with Crippen molar-refractivity contribution in [1.29, 1.82) is 0 Å². The predicted molar refractivity (Wildman–Crippen MR) is 74.4 cm³/mol. The van der Waals surface area contributed by atoms with Gasteiger partial charge in [0.2, 0.25) is 0 Å². The summed E-state index contributed by atoms with van der Waals surface area (Å²) in [6.45, 7) is 0.712. The molecule has 7 nitrogen and oxygen atoms in total. The van der Waals surface area contributed by atoms with E-state index >= 15 is 0 Å². The summed E-state index contributed by atoms with van der Waals surface area (Å²) < 4.78 is 1.85. The maximum absolute atomic E-state index is 5.20. The van der Waals surface area contributed by atoms with Crippen molar-refractivity contribution in [3.63, 3.8) is 0 Å². The first-order valence-corrected chi connectivity index (χ1v) is 6.08. The molecule has 0 amide bonds. The van der Waals surface area contributed by atoms with Gasteiger partial charge in [-0.25, -0.2) is 10.8 Å². The summed E-state index contributed by atoms with van der Waals surface area (Å²) in [6, 6.07) is 10.1. The van der Waals surface area contributed by atoms with Crippen LogP contribution in [0.15, 0.2) is 48.9 Å². The van der Waals surface area contributed by atoms with Gasteiger partial charge in [0.05, 0.1) is 18.9 Å². The molecule has 3 N–H and O–H groups in total. The highest BCUT2D eigenvalue weighted by atomic mass is 15.3. The van der Waals surface area contributed by atoms with E-state index in [1.807, 2.05) is 29.1 Å². The molecule has 0 spiro atoms. The monoisotopic (exact) mass is 267 g/mol. The van der Waals surface area contributed by atoms with Crippen molar-refractivity contribution in [3.05, 3.63) is 54.5 Å². The molecule has 0 radical (unpaired) electrons. The highest BCUT2D eigenvalue weighted by molar-refractivity contribution is 5.55. The third-order valence-corrected chi connectivity index (χ3v) is 2.81. The van der Waals surface area contributed by atoms with Crippen LogP contribution in [0.25, 0.3) is 11.3 Å².